The second-order valence-electron chi connectivity index (χ2n) is 7.30. The van der Waals surface area contributed by atoms with E-state index in [0.29, 0.717) is 18.5 Å². The van der Waals surface area contributed by atoms with Crippen LogP contribution >= 0.6 is 11.3 Å². The Kier molecular flexibility index (Phi) is 5.77. The molecular weight excluding hydrogens is 443 g/mol. The number of anilines is 3. The molecule has 0 spiro atoms. The van der Waals surface area contributed by atoms with Crippen molar-refractivity contribution in [3.63, 3.8) is 0 Å². The molecular formula is C22H19FN8OS. The molecule has 0 saturated carbocycles. The fourth-order valence-electron chi connectivity index (χ4n) is 3.40. The highest BCUT2D eigenvalue weighted by Gasteiger charge is 2.16. The summed E-state index contributed by atoms with van der Waals surface area (Å²) in [5, 5.41) is 3.12. The summed E-state index contributed by atoms with van der Waals surface area (Å²) < 4.78 is 15.4. The first-order valence-corrected chi connectivity index (χ1v) is 11.1. The van der Waals surface area contributed by atoms with Gasteiger partial charge in [-0.3, -0.25) is 4.98 Å². The number of nitrogens with zero attached hydrogens (tertiary/aromatic N) is 5. The maximum Gasteiger partial charge on any atom is 0.351 e. The summed E-state index contributed by atoms with van der Waals surface area (Å²) >= 11 is 1.52. The molecule has 0 aliphatic rings. The number of imidazole rings is 1. The third-order valence-corrected chi connectivity index (χ3v) is 5.83. The summed E-state index contributed by atoms with van der Waals surface area (Å²) in [4.78, 5) is 36.7. The summed E-state index contributed by atoms with van der Waals surface area (Å²) in [6.07, 6.45) is 3.92. The Balaban J connectivity index is 1.44. The van der Waals surface area contributed by atoms with Gasteiger partial charge >= 0.3 is 5.69 Å². The summed E-state index contributed by atoms with van der Waals surface area (Å²) in [5.41, 5.74) is 4.27. The summed E-state index contributed by atoms with van der Waals surface area (Å²) in [7, 11) is 0. The highest BCUT2D eigenvalue weighted by atomic mass is 32.1. The van der Waals surface area contributed by atoms with Crippen molar-refractivity contribution in [2.24, 2.45) is 0 Å². The van der Waals surface area contributed by atoms with Gasteiger partial charge in [-0.1, -0.05) is 18.2 Å². The van der Waals surface area contributed by atoms with Crippen LogP contribution in [0.15, 0.2) is 65.3 Å². The van der Waals surface area contributed by atoms with Crippen molar-refractivity contribution in [1.29, 1.82) is 0 Å². The Bertz CT molecular complexity index is 1430. The SMILES string of the molecule is O=c1nc(N(CCc2cnc[nH]2)Cc2ccccc2F)nc(Nc2ccc3ncsc3c2)[nH]1. The lowest BCUT2D eigenvalue weighted by Crippen LogP contribution is -2.30. The van der Waals surface area contributed by atoms with Gasteiger partial charge < -0.3 is 15.2 Å². The Hall–Kier alpha value is -4.12. The minimum Gasteiger partial charge on any atom is -0.348 e. The van der Waals surface area contributed by atoms with E-state index < -0.39 is 5.69 Å². The number of aromatic nitrogens is 6. The maximum atomic E-state index is 14.4. The highest BCUT2D eigenvalue weighted by molar-refractivity contribution is 7.16. The van der Waals surface area contributed by atoms with Gasteiger partial charge in [-0.05, 0) is 24.3 Å². The predicted octanol–water partition coefficient (Wildman–Crippen LogP) is 3.63. The standard InChI is InChI=1S/C22H19FN8OS/c23-17-4-2-1-3-14(17)11-31(8-7-16-10-24-12-25-16)21-28-20(29-22(32)30-21)27-15-5-6-18-19(9-15)33-13-26-18/h1-6,9-10,12-13H,7-8,11H2,(H,24,25)(H2,27,28,29,30,32). The molecule has 5 rings (SSSR count). The van der Waals surface area contributed by atoms with Gasteiger partial charge in [0.15, 0.2) is 0 Å². The summed E-state index contributed by atoms with van der Waals surface area (Å²) in [5.74, 6) is 0.113. The van der Waals surface area contributed by atoms with Crippen molar-refractivity contribution in [3.8, 4) is 0 Å². The van der Waals surface area contributed by atoms with Crippen molar-refractivity contribution in [2.45, 2.75) is 13.0 Å². The average molecular weight is 463 g/mol. The van der Waals surface area contributed by atoms with Crippen LogP contribution in [0.25, 0.3) is 10.2 Å². The van der Waals surface area contributed by atoms with Crippen molar-refractivity contribution in [3.05, 3.63) is 88.1 Å². The number of aromatic amines is 2. The number of nitrogens with one attached hydrogen (secondary N) is 3. The van der Waals surface area contributed by atoms with E-state index in [0.717, 1.165) is 21.6 Å². The van der Waals surface area contributed by atoms with Crippen LogP contribution in [0.4, 0.5) is 22.0 Å². The maximum absolute atomic E-state index is 14.4. The summed E-state index contributed by atoms with van der Waals surface area (Å²) in [6, 6.07) is 12.2. The molecule has 5 aromatic rings. The number of hydrogen-bond acceptors (Lipinski definition) is 8. The van der Waals surface area contributed by atoms with Gasteiger partial charge in [0.25, 0.3) is 0 Å². The fourth-order valence-corrected chi connectivity index (χ4v) is 4.12. The Labute approximate surface area is 191 Å². The van der Waals surface area contributed by atoms with Gasteiger partial charge in [-0.25, -0.2) is 19.2 Å². The van der Waals surface area contributed by atoms with E-state index in [1.54, 1.807) is 41.1 Å². The Morgan fingerprint density at radius 2 is 2.06 bits per heavy atom. The lowest BCUT2D eigenvalue weighted by Gasteiger charge is -2.23. The van der Waals surface area contributed by atoms with Crippen molar-refractivity contribution >= 4 is 39.1 Å². The lowest BCUT2D eigenvalue weighted by molar-refractivity contribution is 0.601. The van der Waals surface area contributed by atoms with E-state index in [1.807, 2.05) is 18.2 Å². The zero-order valence-electron chi connectivity index (χ0n) is 17.3. The molecule has 3 N–H and O–H groups in total. The van der Waals surface area contributed by atoms with Gasteiger partial charge in [0.1, 0.15) is 5.82 Å². The fraction of sp³-hybridized carbons (Fsp3) is 0.136. The van der Waals surface area contributed by atoms with E-state index in [4.69, 9.17) is 0 Å². The van der Waals surface area contributed by atoms with Crippen LogP contribution in [0, 0.1) is 5.82 Å². The van der Waals surface area contributed by atoms with Crippen molar-refractivity contribution in [1.82, 2.24) is 29.9 Å². The molecule has 0 fully saturated rings. The zero-order valence-corrected chi connectivity index (χ0v) is 18.1. The van der Waals surface area contributed by atoms with E-state index in [2.05, 4.69) is 35.2 Å². The topological polar surface area (TPSA) is 115 Å². The second kappa shape index (κ2) is 9.17. The molecule has 0 aliphatic heterocycles. The van der Waals surface area contributed by atoms with Crippen LogP contribution < -0.4 is 15.9 Å². The van der Waals surface area contributed by atoms with Crippen molar-refractivity contribution < 1.29 is 4.39 Å². The smallest absolute Gasteiger partial charge is 0.348 e. The molecule has 3 aromatic heterocycles. The molecule has 9 nitrogen and oxygen atoms in total. The van der Waals surface area contributed by atoms with Crippen LogP contribution in [-0.2, 0) is 13.0 Å². The Morgan fingerprint density at radius 1 is 1.15 bits per heavy atom. The first-order chi connectivity index (χ1) is 16.1. The molecule has 0 radical (unpaired) electrons. The van der Waals surface area contributed by atoms with E-state index in [1.165, 1.54) is 17.4 Å². The van der Waals surface area contributed by atoms with E-state index in [-0.39, 0.29) is 24.3 Å². The van der Waals surface area contributed by atoms with Crippen LogP contribution in [-0.4, -0.2) is 36.4 Å². The quantitative estimate of drug-likeness (QED) is 0.322. The molecule has 33 heavy (non-hydrogen) atoms. The van der Waals surface area contributed by atoms with Crippen LogP contribution in [0.1, 0.15) is 11.3 Å². The number of fused-ring (bicyclic) bond motifs is 1. The van der Waals surface area contributed by atoms with E-state index in [9.17, 15) is 9.18 Å². The molecule has 0 aliphatic carbocycles. The van der Waals surface area contributed by atoms with Crippen LogP contribution in [0.5, 0.6) is 0 Å². The van der Waals surface area contributed by atoms with Gasteiger partial charge in [-0.2, -0.15) is 9.97 Å². The van der Waals surface area contributed by atoms with E-state index >= 15 is 0 Å². The minimum absolute atomic E-state index is 0.197. The highest BCUT2D eigenvalue weighted by Crippen LogP contribution is 2.23. The third-order valence-electron chi connectivity index (χ3n) is 5.04. The number of H-pyrrole nitrogens is 2. The third kappa shape index (κ3) is 4.88. The zero-order chi connectivity index (χ0) is 22.6. The number of rotatable bonds is 8. The molecule has 11 heteroatoms. The number of hydrogen-bond donors (Lipinski definition) is 3. The first kappa shape index (κ1) is 20.8. The molecule has 3 heterocycles. The normalized spacial score (nSPS) is 11.1. The second-order valence-corrected chi connectivity index (χ2v) is 8.19. The number of benzene rings is 2. The molecule has 0 bridgehead atoms. The van der Waals surface area contributed by atoms with Gasteiger partial charge in [0, 0.05) is 42.7 Å². The average Bonchev–Trinajstić information content (AvgIpc) is 3.49. The van der Waals surface area contributed by atoms with Gasteiger partial charge in [-0.15, -0.1) is 11.3 Å². The van der Waals surface area contributed by atoms with Gasteiger partial charge in [0.2, 0.25) is 11.9 Å². The predicted molar refractivity (Wildman–Crippen MR) is 125 cm³/mol. The molecule has 2 aromatic carbocycles. The first-order valence-electron chi connectivity index (χ1n) is 10.2. The van der Waals surface area contributed by atoms with Gasteiger partial charge in [0.05, 0.1) is 22.1 Å². The van der Waals surface area contributed by atoms with Crippen molar-refractivity contribution in [2.75, 3.05) is 16.8 Å². The monoisotopic (exact) mass is 462 g/mol. The summed E-state index contributed by atoms with van der Waals surface area (Å²) in [6.45, 7) is 0.656. The molecule has 0 unspecified atom stereocenters. The van der Waals surface area contributed by atoms with Crippen LogP contribution in [0.2, 0.25) is 0 Å². The molecule has 0 amide bonds. The molecule has 0 atom stereocenters. The molecule has 0 saturated heterocycles. The largest absolute Gasteiger partial charge is 0.351 e. The molecule has 166 valence electrons. The lowest BCUT2D eigenvalue weighted by atomic mass is 10.2. The minimum atomic E-state index is -0.554. The Morgan fingerprint density at radius 3 is 2.91 bits per heavy atom. The number of thiazole rings is 1. The number of halogens is 1. The van der Waals surface area contributed by atoms with Crippen LogP contribution in [0.3, 0.4) is 0 Å².